The molecule has 2 rings (SSSR count). The van der Waals surface area contributed by atoms with Crippen LogP contribution in [0.2, 0.25) is 0 Å². The molecule has 1 atom stereocenters. The number of rotatable bonds is 3. The first-order valence-corrected chi connectivity index (χ1v) is 6.49. The molecule has 4 heteroatoms. The average molecular weight is 225 g/mol. The molecule has 2 fully saturated rings. The molecule has 1 unspecified atom stereocenters. The van der Waals surface area contributed by atoms with Crippen molar-refractivity contribution in [2.24, 2.45) is 5.92 Å². The van der Waals surface area contributed by atoms with Gasteiger partial charge in [0.05, 0.1) is 0 Å². The van der Waals surface area contributed by atoms with Gasteiger partial charge in [0.25, 0.3) is 0 Å². The van der Waals surface area contributed by atoms with E-state index in [4.69, 9.17) is 0 Å². The highest BCUT2D eigenvalue weighted by Crippen LogP contribution is 2.19. The zero-order valence-corrected chi connectivity index (χ0v) is 10.2. The molecule has 2 N–H and O–H groups in total. The summed E-state index contributed by atoms with van der Waals surface area (Å²) in [6.45, 7) is 2.86. The predicted octanol–water partition coefficient (Wildman–Crippen LogP) is 1.18. The Balaban J connectivity index is 1.73. The van der Waals surface area contributed by atoms with Crippen molar-refractivity contribution < 1.29 is 4.79 Å². The molecule has 0 aromatic heterocycles. The summed E-state index contributed by atoms with van der Waals surface area (Å²) in [5.41, 5.74) is 0. The number of urea groups is 1. The van der Waals surface area contributed by atoms with E-state index < -0.39 is 0 Å². The predicted molar refractivity (Wildman–Crippen MR) is 64.4 cm³/mol. The van der Waals surface area contributed by atoms with Gasteiger partial charge in [-0.15, -0.1) is 0 Å². The van der Waals surface area contributed by atoms with E-state index in [9.17, 15) is 4.79 Å². The topological polar surface area (TPSA) is 44.4 Å². The van der Waals surface area contributed by atoms with Gasteiger partial charge >= 0.3 is 6.03 Å². The lowest BCUT2D eigenvalue weighted by Gasteiger charge is -2.20. The van der Waals surface area contributed by atoms with E-state index in [0.717, 1.165) is 26.1 Å². The van der Waals surface area contributed by atoms with Crippen LogP contribution < -0.4 is 10.6 Å². The maximum atomic E-state index is 11.9. The summed E-state index contributed by atoms with van der Waals surface area (Å²) in [6, 6.07) is 0.598. The lowest BCUT2D eigenvalue weighted by molar-refractivity contribution is 0.203. The molecule has 2 aliphatic rings. The standard InChI is InChI=1S/C12H23N3O/c1-13-8-10-6-7-15(9-10)12(16)14-11-4-2-3-5-11/h10-11,13H,2-9H2,1H3,(H,14,16). The highest BCUT2D eigenvalue weighted by atomic mass is 16.2. The number of nitrogens with one attached hydrogen (secondary N) is 2. The van der Waals surface area contributed by atoms with Crippen molar-refractivity contribution in [2.45, 2.75) is 38.1 Å². The number of likely N-dealkylation sites (tertiary alicyclic amines) is 1. The van der Waals surface area contributed by atoms with Crippen LogP contribution in [0.3, 0.4) is 0 Å². The van der Waals surface area contributed by atoms with E-state index in [1.807, 2.05) is 11.9 Å². The minimum absolute atomic E-state index is 0.158. The van der Waals surface area contributed by atoms with Gasteiger partial charge in [-0.25, -0.2) is 4.79 Å². The number of hydrogen-bond donors (Lipinski definition) is 2. The molecular formula is C12H23N3O. The first-order chi connectivity index (χ1) is 7.79. The highest BCUT2D eigenvalue weighted by Gasteiger charge is 2.27. The third kappa shape index (κ3) is 2.88. The van der Waals surface area contributed by atoms with Gasteiger partial charge in [0.15, 0.2) is 0 Å². The van der Waals surface area contributed by atoms with E-state index in [1.54, 1.807) is 0 Å². The third-order valence-corrected chi connectivity index (χ3v) is 3.75. The Morgan fingerprint density at radius 1 is 1.31 bits per heavy atom. The molecular weight excluding hydrogens is 202 g/mol. The van der Waals surface area contributed by atoms with Crippen molar-refractivity contribution >= 4 is 6.03 Å². The Morgan fingerprint density at radius 3 is 2.75 bits per heavy atom. The SMILES string of the molecule is CNCC1CCN(C(=O)NC2CCCC2)C1. The van der Waals surface area contributed by atoms with Crippen molar-refractivity contribution in [3.8, 4) is 0 Å². The van der Waals surface area contributed by atoms with Crippen LogP contribution in [0.25, 0.3) is 0 Å². The number of nitrogens with zero attached hydrogens (tertiary/aromatic N) is 1. The fourth-order valence-corrected chi connectivity index (χ4v) is 2.81. The monoisotopic (exact) mass is 225 g/mol. The smallest absolute Gasteiger partial charge is 0.317 e. The molecule has 1 aliphatic carbocycles. The summed E-state index contributed by atoms with van der Waals surface area (Å²) in [4.78, 5) is 13.9. The third-order valence-electron chi connectivity index (χ3n) is 3.75. The second kappa shape index (κ2) is 5.53. The van der Waals surface area contributed by atoms with E-state index in [-0.39, 0.29) is 6.03 Å². The molecule has 92 valence electrons. The van der Waals surface area contributed by atoms with Gasteiger partial charge in [-0.3, -0.25) is 0 Å². The highest BCUT2D eigenvalue weighted by molar-refractivity contribution is 5.74. The Hall–Kier alpha value is -0.770. The van der Waals surface area contributed by atoms with E-state index in [1.165, 1.54) is 25.7 Å². The number of carbonyl (C=O) groups excluding carboxylic acids is 1. The second-order valence-corrected chi connectivity index (χ2v) is 5.09. The van der Waals surface area contributed by atoms with Gasteiger partial charge < -0.3 is 15.5 Å². The van der Waals surface area contributed by atoms with Crippen molar-refractivity contribution in [3.63, 3.8) is 0 Å². The van der Waals surface area contributed by atoms with E-state index >= 15 is 0 Å². The normalized spacial score (nSPS) is 26.3. The number of carbonyl (C=O) groups is 1. The summed E-state index contributed by atoms with van der Waals surface area (Å²) < 4.78 is 0. The van der Waals surface area contributed by atoms with Crippen LogP contribution in [0.1, 0.15) is 32.1 Å². The lowest BCUT2D eigenvalue weighted by Crippen LogP contribution is -2.43. The lowest BCUT2D eigenvalue weighted by atomic mass is 10.1. The Kier molecular flexibility index (Phi) is 4.04. The molecule has 0 radical (unpaired) electrons. The first kappa shape index (κ1) is 11.7. The van der Waals surface area contributed by atoms with Crippen molar-refractivity contribution in [1.82, 2.24) is 15.5 Å². The molecule has 1 aliphatic heterocycles. The fourth-order valence-electron chi connectivity index (χ4n) is 2.81. The van der Waals surface area contributed by atoms with Gasteiger partial charge in [-0.1, -0.05) is 12.8 Å². The zero-order valence-electron chi connectivity index (χ0n) is 10.2. The molecule has 1 saturated heterocycles. The summed E-state index contributed by atoms with van der Waals surface area (Å²) in [7, 11) is 1.97. The van der Waals surface area contributed by atoms with Crippen LogP contribution in [0.4, 0.5) is 4.79 Å². The van der Waals surface area contributed by atoms with Crippen LogP contribution in [0.15, 0.2) is 0 Å². The van der Waals surface area contributed by atoms with E-state index in [2.05, 4.69) is 10.6 Å². The average Bonchev–Trinajstić information content (AvgIpc) is 2.89. The summed E-state index contributed by atoms with van der Waals surface area (Å²) >= 11 is 0. The number of amides is 2. The largest absolute Gasteiger partial charge is 0.335 e. The zero-order chi connectivity index (χ0) is 11.4. The fraction of sp³-hybridized carbons (Fsp3) is 0.917. The van der Waals surface area contributed by atoms with Crippen LogP contribution in [0, 0.1) is 5.92 Å². The Bertz CT molecular complexity index is 238. The Labute approximate surface area is 97.8 Å². The Morgan fingerprint density at radius 2 is 2.06 bits per heavy atom. The van der Waals surface area contributed by atoms with Crippen molar-refractivity contribution in [3.05, 3.63) is 0 Å². The van der Waals surface area contributed by atoms with Gasteiger partial charge in [0.1, 0.15) is 0 Å². The summed E-state index contributed by atoms with van der Waals surface area (Å²) in [5, 5.41) is 6.33. The molecule has 16 heavy (non-hydrogen) atoms. The summed E-state index contributed by atoms with van der Waals surface area (Å²) in [6.07, 6.45) is 6.01. The first-order valence-electron chi connectivity index (χ1n) is 6.49. The molecule has 0 bridgehead atoms. The molecule has 0 spiro atoms. The minimum atomic E-state index is 0.158. The maximum absolute atomic E-state index is 11.9. The molecule has 1 heterocycles. The van der Waals surface area contributed by atoms with E-state index in [0.29, 0.717) is 12.0 Å². The minimum Gasteiger partial charge on any atom is -0.335 e. The van der Waals surface area contributed by atoms with Gasteiger partial charge in [0.2, 0.25) is 0 Å². The van der Waals surface area contributed by atoms with Crippen LogP contribution >= 0.6 is 0 Å². The molecule has 0 aromatic rings. The quantitative estimate of drug-likeness (QED) is 0.757. The van der Waals surface area contributed by atoms with Crippen LogP contribution in [-0.4, -0.2) is 43.7 Å². The van der Waals surface area contributed by atoms with Crippen molar-refractivity contribution in [2.75, 3.05) is 26.7 Å². The van der Waals surface area contributed by atoms with Crippen molar-refractivity contribution in [1.29, 1.82) is 0 Å². The van der Waals surface area contributed by atoms with Gasteiger partial charge in [-0.05, 0) is 38.8 Å². The summed E-state index contributed by atoms with van der Waals surface area (Å²) in [5.74, 6) is 0.638. The van der Waals surface area contributed by atoms with Crippen LogP contribution in [-0.2, 0) is 0 Å². The maximum Gasteiger partial charge on any atom is 0.317 e. The second-order valence-electron chi connectivity index (χ2n) is 5.09. The van der Waals surface area contributed by atoms with Gasteiger partial charge in [0, 0.05) is 19.1 Å². The molecule has 2 amide bonds. The molecule has 4 nitrogen and oxygen atoms in total. The van der Waals surface area contributed by atoms with Gasteiger partial charge in [-0.2, -0.15) is 0 Å². The molecule has 1 saturated carbocycles. The van der Waals surface area contributed by atoms with Crippen LogP contribution in [0.5, 0.6) is 0 Å². The molecule has 0 aromatic carbocycles. The number of hydrogen-bond acceptors (Lipinski definition) is 2.